The Kier molecular flexibility index (Phi) is 17.1. The molecular weight excluding hydrogens is 1040 g/mol. The molecule has 424 valence electrons. The molecule has 11 rings (SSSR count). The SMILES string of the molecule is CC1(C)O[C@@H](Oc2ccccc2)[C@@H](c2cc(OC[C@@H]3OC(C)(C)O[C@@H]3c3cc(OCc4ccccc4)cc(OCc4ccccc4)c3)cc(OC[C@@H]3OC(C)(C)O[C@@H]3c3cc(OCc4ccccc4)cc(OCc4ccccc4)c3)c2)O1. The van der Waals surface area contributed by atoms with Gasteiger partial charge in [-0.15, -0.1) is 0 Å². The summed E-state index contributed by atoms with van der Waals surface area (Å²) in [6.07, 6.45) is -3.81. The third-order valence-corrected chi connectivity index (χ3v) is 13.9. The summed E-state index contributed by atoms with van der Waals surface area (Å²) in [6.45, 7) is 13.0. The van der Waals surface area contributed by atoms with Gasteiger partial charge in [0.15, 0.2) is 17.4 Å². The van der Waals surface area contributed by atoms with Crippen molar-refractivity contribution in [1.82, 2.24) is 0 Å². The first kappa shape index (κ1) is 56.0. The monoisotopic (exact) mass is 1110 g/mol. The van der Waals surface area contributed by atoms with Gasteiger partial charge in [-0.2, -0.15) is 0 Å². The van der Waals surface area contributed by atoms with E-state index in [0.29, 0.717) is 72.2 Å². The topological polar surface area (TPSA) is 120 Å². The summed E-state index contributed by atoms with van der Waals surface area (Å²) in [6, 6.07) is 67.2. The highest BCUT2D eigenvalue weighted by Gasteiger charge is 2.46. The lowest BCUT2D eigenvalue weighted by molar-refractivity contribution is -0.168. The molecule has 8 aromatic carbocycles. The molecule has 13 nitrogen and oxygen atoms in total. The predicted molar refractivity (Wildman–Crippen MR) is 309 cm³/mol. The lowest BCUT2D eigenvalue weighted by Crippen LogP contribution is -2.27. The molecule has 6 atom stereocenters. The smallest absolute Gasteiger partial charge is 0.233 e. The van der Waals surface area contributed by atoms with Crippen LogP contribution in [0.25, 0.3) is 0 Å². The molecule has 3 fully saturated rings. The van der Waals surface area contributed by atoms with Gasteiger partial charge in [-0.05, 0) is 129 Å². The van der Waals surface area contributed by atoms with Gasteiger partial charge in [-0.1, -0.05) is 140 Å². The van der Waals surface area contributed by atoms with E-state index < -0.39 is 54.2 Å². The second-order valence-corrected chi connectivity index (χ2v) is 22.0. The zero-order valence-electron chi connectivity index (χ0n) is 47.1. The van der Waals surface area contributed by atoms with Crippen LogP contribution in [0.3, 0.4) is 0 Å². The van der Waals surface area contributed by atoms with E-state index in [-0.39, 0.29) is 13.2 Å². The normalized spacial score (nSPS) is 21.3. The van der Waals surface area contributed by atoms with E-state index in [1.54, 1.807) is 0 Å². The Morgan fingerprint density at radius 2 is 0.573 bits per heavy atom. The summed E-state index contributed by atoms with van der Waals surface area (Å²) >= 11 is 0. The van der Waals surface area contributed by atoms with E-state index in [1.807, 2.05) is 248 Å². The van der Waals surface area contributed by atoms with E-state index in [2.05, 4.69) is 0 Å². The lowest BCUT2D eigenvalue weighted by Gasteiger charge is -2.23. The van der Waals surface area contributed by atoms with Crippen molar-refractivity contribution in [3.05, 3.63) is 245 Å². The maximum Gasteiger partial charge on any atom is 0.233 e. The Hall–Kier alpha value is -7.88. The molecule has 82 heavy (non-hydrogen) atoms. The predicted octanol–water partition coefficient (Wildman–Crippen LogP) is 14.8. The summed E-state index contributed by atoms with van der Waals surface area (Å²) < 4.78 is 85.6. The number of hydrogen-bond donors (Lipinski definition) is 0. The van der Waals surface area contributed by atoms with E-state index in [9.17, 15) is 0 Å². The Labute approximate surface area is 480 Å². The summed E-state index contributed by atoms with van der Waals surface area (Å²) in [5, 5.41) is 0. The first-order chi connectivity index (χ1) is 39.7. The Bertz CT molecular complexity index is 3010. The minimum atomic E-state index is -0.990. The van der Waals surface area contributed by atoms with Crippen LogP contribution in [-0.4, -0.2) is 49.1 Å². The van der Waals surface area contributed by atoms with E-state index in [4.69, 9.17) is 61.6 Å². The quantitative estimate of drug-likeness (QED) is 0.0605. The largest absolute Gasteiger partial charge is 0.491 e. The molecule has 0 spiro atoms. The Morgan fingerprint density at radius 1 is 0.293 bits per heavy atom. The summed E-state index contributed by atoms with van der Waals surface area (Å²) in [5.74, 6) is 1.22. The van der Waals surface area contributed by atoms with Gasteiger partial charge in [0.1, 0.15) is 110 Å². The first-order valence-corrected chi connectivity index (χ1v) is 27.9. The molecule has 3 saturated heterocycles. The molecule has 0 aliphatic carbocycles. The van der Waals surface area contributed by atoms with Crippen LogP contribution < -0.4 is 33.2 Å². The molecule has 13 heteroatoms. The zero-order chi connectivity index (χ0) is 56.5. The molecule has 0 N–H and O–H groups in total. The zero-order valence-corrected chi connectivity index (χ0v) is 47.1. The highest BCUT2D eigenvalue weighted by Crippen LogP contribution is 2.45. The first-order valence-electron chi connectivity index (χ1n) is 27.9. The summed E-state index contributed by atoms with van der Waals surface area (Å²) in [4.78, 5) is 0. The summed E-state index contributed by atoms with van der Waals surface area (Å²) in [7, 11) is 0. The molecular formula is C69H70O13. The van der Waals surface area contributed by atoms with Gasteiger partial charge < -0.3 is 61.6 Å². The fourth-order valence-electron chi connectivity index (χ4n) is 10.2. The molecule has 3 aliphatic heterocycles. The average molecular weight is 1110 g/mol. The highest BCUT2D eigenvalue weighted by atomic mass is 16.8. The average Bonchev–Trinajstić information content (AvgIpc) is 4.26. The van der Waals surface area contributed by atoms with Crippen LogP contribution >= 0.6 is 0 Å². The molecule has 0 aromatic heterocycles. The lowest BCUT2D eigenvalue weighted by atomic mass is 10.0. The van der Waals surface area contributed by atoms with E-state index in [0.717, 1.165) is 33.4 Å². The Morgan fingerprint density at radius 3 is 0.915 bits per heavy atom. The molecule has 0 amide bonds. The van der Waals surface area contributed by atoms with Crippen molar-refractivity contribution >= 4 is 0 Å². The van der Waals surface area contributed by atoms with Crippen molar-refractivity contribution in [1.29, 1.82) is 0 Å². The minimum absolute atomic E-state index is 0.0942. The Balaban J connectivity index is 0.878. The maximum atomic E-state index is 6.82. The van der Waals surface area contributed by atoms with E-state index >= 15 is 0 Å². The van der Waals surface area contributed by atoms with Crippen molar-refractivity contribution in [3.8, 4) is 40.2 Å². The standard InChI is InChI=1S/C69H70O13/c1-67(2)77-61(63(79-67)51-32-55(70-41-47-22-12-7-13-23-47)38-56(33-51)71-42-48-24-14-8-15-25-48)45-74-59-36-53(65-66(82-69(5,6)81-65)76-54-30-20-11-21-31-54)37-60(40-59)75-46-62-64(80-68(3,4)78-62)52-34-57(72-43-49-26-16-9-17-27-49)39-58(35-52)73-44-50-28-18-10-19-29-50/h7-40,61-66H,41-46H2,1-6H3/t61-,62-,63+,64+,65+,66+/m0/s1. The maximum absolute atomic E-state index is 6.82. The van der Waals surface area contributed by atoms with Crippen LogP contribution in [0.5, 0.6) is 40.2 Å². The second kappa shape index (κ2) is 25.1. The molecule has 0 saturated carbocycles. The van der Waals surface area contributed by atoms with Crippen molar-refractivity contribution in [2.75, 3.05) is 13.2 Å². The number of rotatable bonds is 23. The van der Waals surface area contributed by atoms with Crippen LogP contribution in [0.4, 0.5) is 0 Å². The van der Waals surface area contributed by atoms with Crippen molar-refractivity contribution < 1.29 is 61.6 Å². The molecule has 3 aliphatic rings. The third kappa shape index (κ3) is 15.0. The number of benzene rings is 8. The highest BCUT2D eigenvalue weighted by molar-refractivity contribution is 5.44. The van der Waals surface area contributed by atoms with Gasteiger partial charge in [-0.25, -0.2) is 0 Å². The number of hydrogen-bond acceptors (Lipinski definition) is 13. The van der Waals surface area contributed by atoms with Crippen LogP contribution in [0.2, 0.25) is 0 Å². The van der Waals surface area contributed by atoms with E-state index in [1.165, 1.54) is 0 Å². The number of ether oxygens (including phenoxy) is 13. The van der Waals surface area contributed by atoms with Crippen molar-refractivity contribution in [3.63, 3.8) is 0 Å². The molecule has 3 heterocycles. The fraction of sp³-hybridized carbons (Fsp3) is 0.304. The van der Waals surface area contributed by atoms with Crippen molar-refractivity contribution in [2.45, 2.75) is 122 Å². The van der Waals surface area contributed by atoms with Gasteiger partial charge >= 0.3 is 0 Å². The molecule has 8 aromatic rings. The van der Waals surface area contributed by atoms with Crippen molar-refractivity contribution in [2.24, 2.45) is 0 Å². The fourth-order valence-corrected chi connectivity index (χ4v) is 10.2. The van der Waals surface area contributed by atoms with Crippen LogP contribution in [0.1, 0.15) is 98.8 Å². The van der Waals surface area contributed by atoms with Gasteiger partial charge in [0.25, 0.3) is 0 Å². The van der Waals surface area contributed by atoms with Gasteiger partial charge in [0, 0.05) is 18.2 Å². The summed E-state index contributed by atoms with van der Waals surface area (Å²) in [5.41, 5.74) is 6.47. The van der Waals surface area contributed by atoms with Gasteiger partial charge in [0.05, 0.1) is 0 Å². The van der Waals surface area contributed by atoms with Gasteiger partial charge in [0.2, 0.25) is 6.29 Å². The van der Waals surface area contributed by atoms with Gasteiger partial charge in [-0.3, -0.25) is 0 Å². The van der Waals surface area contributed by atoms with Crippen LogP contribution in [-0.2, 0) is 54.8 Å². The number of para-hydroxylation sites is 1. The third-order valence-electron chi connectivity index (χ3n) is 13.9. The van der Waals surface area contributed by atoms with Crippen LogP contribution in [0.15, 0.2) is 206 Å². The minimum Gasteiger partial charge on any atom is -0.491 e. The molecule has 0 radical (unpaired) electrons. The second-order valence-electron chi connectivity index (χ2n) is 22.0. The molecule has 0 unspecified atom stereocenters. The van der Waals surface area contributed by atoms with Crippen LogP contribution in [0, 0.1) is 0 Å². The molecule has 0 bridgehead atoms.